The third-order valence-corrected chi connectivity index (χ3v) is 7.74. The van der Waals surface area contributed by atoms with Crippen molar-refractivity contribution >= 4 is 64.8 Å². The van der Waals surface area contributed by atoms with Crippen LogP contribution in [0.2, 0.25) is 5.02 Å². The molecule has 1 N–H and O–H groups in total. The summed E-state index contributed by atoms with van der Waals surface area (Å²) in [6.07, 6.45) is 1.43. The van der Waals surface area contributed by atoms with Crippen molar-refractivity contribution in [1.82, 2.24) is 4.98 Å². The van der Waals surface area contributed by atoms with Gasteiger partial charge in [-0.2, -0.15) is 0 Å². The second kappa shape index (κ2) is 6.74. The van der Waals surface area contributed by atoms with Crippen LogP contribution in [0, 0.1) is 5.82 Å². The van der Waals surface area contributed by atoms with Gasteiger partial charge >= 0.3 is 0 Å². The highest BCUT2D eigenvalue weighted by Gasteiger charge is 2.36. The summed E-state index contributed by atoms with van der Waals surface area (Å²) < 4.78 is 43.9. The Balaban J connectivity index is 1.82. The third kappa shape index (κ3) is 3.47. The lowest BCUT2D eigenvalue weighted by atomic mass is 10.0. The Morgan fingerprint density at radius 1 is 1.35 bits per heavy atom. The molecule has 1 aliphatic rings. The average Bonchev–Trinajstić information content (AvgIpc) is 3.33. The molecule has 4 rings (SSSR count). The number of rotatable bonds is 5. The molecule has 0 bridgehead atoms. The molecule has 26 heavy (non-hydrogen) atoms. The minimum atomic E-state index is -3.51. The highest BCUT2D eigenvalue weighted by atomic mass is 79.9. The number of benzene rings is 2. The molecule has 0 saturated heterocycles. The lowest BCUT2D eigenvalue weighted by Gasteiger charge is -2.15. The maximum atomic E-state index is 15.1. The molecule has 0 spiro atoms. The second-order valence-electron chi connectivity index (χ2n) is 6.17. The lowest BCUT2D eigenvalue weighted by molar-refractivity contribution is 0.599. The molecule has 4 nitrogen and oxygen atoms in total. The summed E-state index contributed by atoms with van der Waals surface area (Å²) in [7, 11) is -3.51. The minimum absolute atomic E-state index is 0.161. The first kappa shape index (κ1) is 18.2. The largest absolute Gasteiger partial charge is 0.283 e. The smallest absolute Gasteiger partial charge is 0.235 e. The van der Waals surface area contributed by atoms with Gasteiger partial charge in [0.2, 0.25) is 10.0 Å². The topological polar surface area (TPSA) is 59.1 Å². The fraction of sp³-hybridized carbons (Fsp3) is 0.235. The van der Waals surface area contributed by atoms with Crippen molar-refractivity contribution in [3.8, 4) is 0 Å². The van der Waals surface area contributed by atoms with Crippen LogP contribution in [-0.2, 0) is 16.4 Å². The molecule has 1 heterocycles. The summed E-state index contributed by atoms with van der Waals surface area (Å²) in [5, 5.41) is 0.0833. The SMILES string of the molecule is O=S(=O)(Nc1cc2scnc2c(F)c1Cc1ccc(Br)cc1Cl)C1CC1. The molecule has 136 valence electrons. The molecular weight excluding hydrogens is 463 g/mol. The number of hydrogen-bond acceptors (Lipinski definition) is 4. The van der Waals surface area contributed by atoms with Gasteiger partial charge in [0.1, 0.15) is 5.52 Å². The van der Waals surface area contributed by atoms with Crippen LogP contribution in [0.5, 0.6) is 0 Å². The Morgan fingerprint density at radius 2 is 2.12 bits per heavy atom. The van der Waals surface area contributed by atoms with E-state index in [2.05, 4.69) is 25.6 Å². The highest BCUT2D eigenvalue weighted by Crippen LogP contribution is 2.36. The standard InChI is InChI=1S/C17H13BrClFN2O2S2/c18-10-2-1-9(13(19)6-10)5-12-14(22-26(23,24)11-3-4-11)7-15-17(16(12)20)21-8-25-15/h1-2,6-8,11,22H,3-5H2. The van der Waals surface area contributed by atoms with Crippen LogP contribution in [0.3, 0.4) is 0 Å². The van der Waals surface area contributed by atoms with E-state index >= 15 is 4.39 Å². The summed E-state index contributed by atoms with van der Waals surface area (Å²) in [6.45, 7) is 0. The molecule has 0 radical (unpaired) electrons. The Hall–Kier alpha value is -1.22. The number of nitrogens with zero attached hydrogens (tertiary/aromatic N) is 1. The molecule has 0 atom stereocenters. The van der Waals surface area contributed by atoms with E-state index < -0.39 is 21.1 Å². The van der Waals surface area contributed by atoms with Crippen LogP contribution in [0.15, 0.2) is 34.2 Å². The monoisotopic (exact) mass is 474 g/mol. The van der Waals surface area contributed by atoms with Gasteiger partial charge in [0.05, 0.1) is 21.1 Å². The fourth-order valence-electron chi connectivity index (χ4n) is 2.74. The van der Waals surface area contributed by atoms with Crippen molar-refractivity contribution in [3.63, 3.8) is 0 Å². The summed E-state index contributed by atoms with van der Waals surface area (Å²) in [5.41, 5.74) is 2.99. The molecule has 1 saturated carbocycles. The quantitative estimate of drug-likeness (QED) is 0.541. The molecule has 0 unspecified atom stereocenters. The number of hydrogen-bond donors (Lipinski definition) is 1. The van der Waals surface area contributed by atoms with Crippen molar-refractivity contribution in [3.05, 3.63) is 56.2 Å². The summed E-state index contributed by atoms with van der Waals surface area (Å²) >= 11 is 10.9. The number of aromatic nitrogens is 1. The molecule has 1 aromatic heterocycles. The highest BCUT2D eigenvalue weighted by molar-refractivity contribution is 9.10. The third-order valence-electron chi connectivity index (χ3n) is 4.27. The van der Waals surface area contributed by atoms with E-state index in [0.29, 0.717) is 28.1 Å². The predicted octanol–water partition coefficient (Wildman–Crippen LogP) is 5.35. The van der Waals surface area contributed by atoms with Crippen LogP contribution in [-0.4, -0.2) is 18.7 Å². The van der Waals surface area contributed by atoms with E-state index in [0.717, 1.165) is 4.47 Å². The number of halogens is 3. The summed E-state index contributed by atoms with van der Waals surface area (Å²) in [4.78, 5) is 4.07. The number of anilines is 1. The van der Waals surface area contributed by atoms with Crippen molar-refractivity contribution in [2.75, 3.05) is 4.72 Å². The Morgan fingerprint density at radius 3 is 2.81 bits per heavy atom. The van der Waals surface area contributed by atoms with Gasteiger partial charge in [0.15, 0.2) is 5.82 Å². The van der Waals surface area contributed by atoms with Crippen LogP contribution >= 0.6 is 38.9 Å². The van der Waals surface area contributed by atoms with Crippen molar-refractivity contribution in [2.24, 2.45) is 0 Å². The second-order valence-corrected chi connectivity index (χ2v) is 10.3. The first-order chi connectivity index (χ1) is 12.3. The Labute approximate surface area is 167 Å². The number of fused-ring (bicyclic) bond motifs is 1. The number of thiazole rings is 1. The Kier molecular flexibility index (Phi) is 4.71. The molecule has 1 aliphatic carbocycles. The van der Waals surface area contributed by atoms with E-state index in [1.165, 1.54) is 11.3 Å². The molecule has 3 aromatic rings. The van der Waals surface area contributed by atoms with Crippen LogP contribution in [0.25, 0.3) is 10.2 Å². The maximum Gasteiger partial charge on any atom is 0.235 e. The van der Waals surface area contributed by atoms with Crippen molar-refractivity contribution in [2.45, 2.75) is 24.5 Å². The van der Waals surface area contributed by atoms with E-state index in [4.69, 9.17) is 11.6 Å². The number of sulfonamides is 1. The zero-order valence-corrected chi connectivity index (χ0v) is 17.3. The molecule has 9 heteroatoms. The predicted molar refractivity (Wildman–Crippen MR) is 107 cm³/mol. The lowest BCUT2D eigenvalue weighted by Crippen LogP contribution is -2.19. The fourth-order valence-corrected chi connectivity index (χ4v) is 5.60. The first-order valence-electron chi connectivity index (χ1n) is 7.85. The van der Waals surface area contributed by atoms with Gasteiger partial charge in [0.25, 0.3) is 0 Å². The van der Waals surface area contributed by atoms with Gasteiger partial charge in [-0.3, -0.25) is 4.72 Å². The van der Waals surface area contributed by atoms with Gasteiger partial charge in [0, 0.05) is 21.5 Å². The average molecular weight is 476 g/mol. The minimum Gasteiger partial charge on any atom is -0.283 e. The van der Waals surface area contributed by atoms with Crippen LogP contribution in [0.1, 0.15) is 24.0 Å². The van der Waals surface area contributed by atoms with Crippen molar-refractivity contribution < 1.29 is 12.8 Å². The first-order valence-corrected chi connectivity index (χ1v) is 11.4. The van der Waals surface area contributed by atoms with Crippen molar-refractivity contribution in [1.29, 1.82) is 0 Å². The Bertz CT molecular complexity index is 1110. The molecule has 0 aliphatic heterocycles. The van der Waals surface area contributed by atoms with Gasteiger partial charge in [-0.15, -0.1) is 11.3 Å². The van der Waals surface area contributed by atoms with Gasteiger partial charge in [-0.1, -0.05) is 33.6 Å². The molecular formula is C17H13BrClFN2O2S2. The summed E-state index contributed by atoms with van der Waals surface area (Å²) in [6, 6.07) is 6.98. The zero-order chi connectivity index (χ0) is 18.5. The van der Waals surface area contributed by atoms with Gasteiger partial charge < -0.3 is 0 Å². The zero-order valence-electron chi connectivity index (χ0n) is 13.3. The maximum absolute atomic E-state index is 15.1. The molecule has 0 amide bonds. The normalized spacial score (nSPS) is 14.7. The van der Waals surface area contributed by atoms with Crippen LogP contribution < -0.4 is 4.72 Å². The van der Waals surface area contributed by atoms with E-state index in [1.807, 2.05) is 6.07 Å². The van der Waals surface area contributed by atoms with E-state index in [-0.39, 0.29) is 23.2 Å². The van der Waals surface area contributed by atoms with Gasteiger partial charge in [-0.25, -0.2) is 17.8 Å². The molecule has 2 aromatic carbocycles. The molecule has 1 fully saturated rings. The summed E-state index contributed by atoms with van der Waals surface area (Å²) in [5.74, 6) is -0.517. The van der Waals surface area contributed by atoms with E-state index in [1.54, 1.807) is 23.7 Å². The van der Waals surface area contributed by atoms with Gasteiger partial charge in [-0.05, 0) is 36.6 Å². The van der Waals surface area contributed by atoms with Crippen LogP contribution in [0.4, 0.5) is 10.1 Å². The van der Waals surface area contributed by atoms with E-state index in [9.17, 15) is 8.42 Å². The number of nitrogens with one attached hydrogen (secondary N) is 1.